The van der Waals surface area contributed by atoms with Crippen LogP contribution in [0.1, 0.15) is 27.0 Å². The lowest BCUT2D eigenvalue weighted by molar-refractivity contribution is -0.185. The number of carbonyl (C=O) groups excluding carboxylic acids is 1. The van der Waals surface area contributed by atoms with Crippen LogP contribution in [-0.2, 0) is 28.1 Å². The van der Waals surface area contributed by atoms with Gasteiger partial charge in [0.25, 0.3) is 5.56 Å². The van der Waals surface area contributed by atoms with Gasteiger partial charge in [0.15, 0.2) is 6.23 Å². The van der Waals surface area contributed by atoms with Crippen molar-refractivity contribution in [1.82, 2.24) is 14.6 Å². The molecule has 1 aromatic carbocycles. The van der Waals surface area contributed by atoms with Gasteiger partial charge in [0.05, 0.1) is 25.5 Å². The number of esters is 1. The first-order valence-corrected chi connectivity index (χ1v) is 12.9. The molecule has 2 fully saturated rings. The van der Waals surface area contributed by atoms with Gasteiger partial charge in [-0.2, -0.15) is 9.48 Å². The second kappa shape index (κ2) is 10.5. The summed E-state index contributed by atoms with van der Waals surface area (Å²) in [5.74, 6) is -1.77. The van der Waals surface area contributed by atoms with Gasteiger partial charge in [0.1, 0.15) is 29.6 Å². The van der Waals surface area contributed by atoms with Gasteiger partial charge < -0.3 is 23.8 Å². The number of aliphatic hydroxyl groups excluding tert-OH is 1. The minimum absolute atomic E-state index is 0.168. The molecule has 3 heterocycles. The molecule has 37 heavy (non-hydrogen) atoms. The maximum Gasteiger partial charge on any atom is 0.459 e. The highest BCUT2D eigenvalue weighted by molar-refractivity contribution is 7.52. The Morgan fingerprint density at radius 1 is 1.32 bits per heavy atom. The monoisotopic (exact) mass is 543 g/mol. The molecule has 4 rings (SSSR count). The van der Waals surface area contributed by atoms with E-state index in [9.17, 15) is 28.4 Å². The van der Waals surface area contributed by atoms with Crippen LogP contribution in [0.4, 0.5) is 4.39 Å². The molecular weight excluding hydrogens is 516 g/mol. The van der Waals surface area contributed by atoms with E-state index >= 15 is 0 Å². The van der Waals surface area contributed by atoms with Crippen molar-refractivity contribution in [3.8, 4) is 5.75 Å². The van der Waals surface area contributed by atoms with Crippen LogP contribution < -0.4 is 20.9 Å². The SMILES string of the molecule is CC(C)OC(=O)C(C)NP(=O)(OCC12COC(C(n3cc(F)c(=O)[nH]c3=O)O1)C2O)Oc1ccccc1. The Hall–Kier alpha value is -2.87. The molecule has 2 aromatic rings. The Morgan fingerprint density at radius 2 is 2.03 bits per heavy atom. The number of hydrogen-bond donors (Lipinski definition) is 3. The highest BCUT2D eigenvalue weighted by atomic mass is 31.2. The molecule has 3 N–H and O–H groups in total. The van der Waals surface area contributed by atoms with E-state index in [1.54, 1.807) is 32.0 Å². The molecule has 2 bridgehead atoms. The van der Waals surface area contributed by atoms with E-state index < -0.39 is 73.6 Å². The third kappa shape index (κ3) is 5.69. The van der Waals surface area contributed by atoms with Crippen molar-refractivity contribution in [1.29, 1.82) is 0 Å². The minimum atomic E-state index is -4.30. The normalized spacial score (nSPS) is 27.1. The number of para-hydroxylation sites is 1. The van der Waals surface area contributed by atoms with Crippen LogP contribution >= 0.6 is 7.75 Å². The van der Waals surface area contributed by atoms with Crippen molar-refractivity contribution >= 4 is 13.7 Å². The quantitative estimate of drug-likeness (QED) is 0.287. The van der Waals surface area contributed by atoms with Crippen LogP contribution in [0.5, 0.6) is 5.75 Å². The molecule has 6 unspecified atom stereocenters. The molecule has 13 nitrogen and oxygen atoms in total. The Balaban J connectivity index is 1.55. The Kier molecular flexibility index (Phi) is 7.70. The van der Waals surface area contributed by atoms with Crippen molar-refractivity contribution in [2.45, 2.75) is 57.0 Å². The van der Waals surface area contributed by atoms with E-state index in [4.69, 9.17) is 23.3 Å². The molecular formula is C22H27FN3O10P. The lowest BCUT2D eigenvalue weighted by Crippen LogP contribution is -2.46. The largest absolute Gasteiger partial charge is 0.462 e. The first-order chi connectivity index (χ1) is 17.4. The standard InChI is InChI=1S/C22H27FN3O10P/c1-12(2)34-20(29)13(3)25-37(31,36-14-7-5-4-6-8-14)33-11-22-10-32-16(17(22)27)19(35-22)26-9-15(23)18(28)24-21(26)30/h4-9,12-13,16-17,19,27H,10-11H2,1-3H3,(H,25,31)(H,24,28,30). The molecule has 0 aliphatic carbocycles. The van der Waals surface area contributed by atoms with E-state index in [1.165, 1.54) is 19.1 Å². The fourth-order valence-corrected chi connectivity index (χ4v) is 5.46. The third-order valence-corrected chi connectivity index (χ3v) is 7.33. The van der Waals surface area contributed by atoms with Crippen LogP contribution in [0.2, 0.25) is 0 Å². The number of hydrogen-bond acceptors (Lipinski definition) is 10. The summed E-state index contributed by atoms with van der Waals surface area (Å²) in [6, 6.07) is 6.94. The molecule has 0 saturated carbocycles. The number of benzene rings is 1. The number of H-pyrrole nitrogens is 1. The maximum absolute atomic E-state index is 13.8. The summed E-state index contributed by atoms with van der Waals surface area (Å²) in [4.78, 5) is 37.7. The molecule has 2 saturated heterocycles. The lowest BCUT2D eigenvalue weighted by Gasteiger charge is -2.32. The Labute approximate surface area is 210 Å². The minimum Gasteiger partial charge on any atom is -0.462 e. The van der Waals surface area contributed by atoms with E-state index in [2.05, 4.69) is 5.09 Å². The van der Waals surface area contributed by atoms with Gasteiger partial charge in [-0.1, -0.05) is 18.2 Å². The number of ether oxygens (including phenoxy) is 3. The molecule has 0 radical (unpaired) electrons. The molecule has 15 heteroatoms. The summed E-state index contributed by atoms with van der Waals surface area (Å²) >= 11 is 0. The fraction of sp³-hybridized carbons (Fsp3) is 0.500. The highest BCUT2D eigenvalue weighted by Gasteiger charge is 2.63. The summed E-state index contributed by atoms with van der Waals surface area (Å²) in [7, 11) is -4.30. The van der Waals surface area contributed by atoms with Crippen molar-refractivity contribution in [2.75, 3.05) is 13.2 Å². The van der Waals surface area contributed by atoms with E-state index in [-0.39, 0.29) is 12.4 Å². The third-order valence-electron chi connectivity index (χ3n) is 5.71. The summed E-state index contributed by atoms with van der Waals surface area (Å²) in [6.07, 6.45) is -3.58. The first kappa shape index (κ1) is 27.2. The van der Waals surface area contributed by atoms with Crippen LogP contribution in [0.15, 0.2) is 46.1 Å². The number of fused-ring (bicyclic) bond motifs is 2. The number of aliphatic hydroxyl groups is 1. The Morgan fingerprint density at radius 3 is 2.70 bits per heavy atom. The predicted octanol–water partition coefficient (Wildman–Crippen LogP) is 0.836. The van der Waals surface area contributed by atoms with Gasteiger partial charge in [-0.15, -0.1) is 0 Å². The predicted molar refractivity (Wildman–Crippen MR) is 124 cm³/mol. The van der Waals surface area contributed by atoms with Gasteiger partial charge in [-0.3, -0.25) is 23.7 Å². The maximum atomic E-state index is 13.8. The molecule has 1 aromatic heterocycles. The smallest absolute Gasteiger partial charge is 0.459 e. The first-order valence-electron chi connectivity index (χ1n) is 11.4. The zero-order chi connectivity index (χ0) is 27.0. The van der Waals surface area contributed by atoms with Crippen LogP contribution in [0.3, 0.4) is 0 Å². The van der Waals surface area contributed by atoms with Gasteiger partial charge in [0.2, 0.25) is 5.82 Å². The van der Waals surface area contributed by atoms with E-state index in [0.717, 1.165) is 4.57 Å². The van der Waals surface area contributed by atoms with E-state index in [1.807, 2.05) is 4.98 Å². The fourth-order valence-electron chi connectivity index (χ4n) is 3.92. The number of carbonyl (C=O) groups is 1. The van der Waals surface area contributed by atoms with Gasteiger partial charge in [-0.25, -0.2) is 9.36 Å². The van der Waals surface area contributed by atoms with Crippen molar-refractivity contribution in [3.05, 3.63) is 63.2 Å². The van der Waals surface area contributed by atoms with Crippen LogP contribution in [0, 0.1) is 5.82 Å². The molecule has 0 amide bonds. The number of halogens is 1. The van der Waals surface area contributed by atoms with Gasteiger partial charge in [0, 0.05) is 0 Å². The number of nitrogens with one attached hydrogen (secondary N) is 2. The molecule has 2 aliphatic heterocycles. The molecule has 2 aliphatic rings. The highest BCUT2D eigenvalue weighted by Crippen LogP contribution is 2.50. The number of nitrogens with zero attached hydrogens (tertiary/aromatic N) is 1. The van der Waals surface area contributed by atoms with E-state index in [0.29, 0.717) is 6.20 Å². The second-order valence-corrected chi connectivity index (χ2v) is 10.6. The Bertz CT molecular complexity index is 1300. The average Bonchev–Trinajstić information content (AvgIpc) is 3.29. The summed E-state index contributed by atoms with van der Waals surface area (Å²) in [5, 5.41) is 13.4. The van der Waals surface area contributed by atoms with Crippen molar-refractivity contribution in [3.63, 3.8) is 0 Å². The number of aromatic amines is 1. The van der Waals surface area contributed by atoms with Crippen molar-refractivity contribution < 1.29 is 42.1 Å². The summed E-state index contributed by atoms with van der Waals surface area (Å²) in [6.45, 7) is 3.95. The number of aromatic nitrogens is 2. The summed E-state index contributed by atoms with van der Waals surface area (Å²) < 4.78 is 56.0. The van der Waals surface area contributed by atoms with Gasteiger partial charge >= 0.3 is 19.4 Å². The molecule has 6 atom stereocenters. The van der Waals surface area contributed by atoms with Crippen LogP contribution in [-0.4, -0.2) is 63.8 Å². The van der Waals surface area contributed by atoms with Crippen LogP contribution in [0.25, 0.3) is 0 Å². The van der Waals surface area contributed by atoms with Gasteiger partial charge in [-0.05, 0) is 32.9 Å². The molecule has 202 valence electrons. The zero-order valence-corrected chi connectivity index (χ0v) is 21.1. The molecule has 0 spiro atoms. The second-order valence-electron chi connectivity index (χ2n) is 8.95. The summed E-state index contributed by atoms with van der Waals surface area (Å²) in [5.41, 5.74) is -3.81. The zero-order valence-electron chi connectivity index (χ0n) is 20.2. The number of rotatable bonds is 10. The lowest BCUT2D eigenvalue weighted by atomic mass is 10.0. The van der Waals surface area contributed by atoms with Crippen molar-refractivity contribution in [2.24, 2.45) is 0 Å². The topological polar surface area (TPSA) is 167 Å². The average molecular weight is 543 g/mol.